The molecule has 0 atom stereocenters. The molecule has 0 bridgehead atoms. The molecule has 0 radical (unpaired) electrons. The number of benzene rings is 8. The molecule has 1 aliphatic heterocycles. The van der Waals surface area contributed by atoms with Crippen molar-refractivity contribution in [1.29, 1.82) is 0 Å². The maximum atomic E-state index is 7.02. The van der Waals surface area contributed by atoms with Crippen molar-refractivity contribution in [3.8, 4) is 33.8 Å². The maximum Gasteiger partial charge on any atom is 0.137 e. The molecule has 8 aromatic carbocycles. The number of fused-ring (bicyclic) bond motifs is 15. The van der Waals surface area contributed by atoms with Crippen LogP contribution in [0.3, 0.4) is 0 Å². The van der Waals surface area contributed by atoms with Crippen LogP contribution in [0.4, 0.5) is 17.1 Å². The van der Waals surface area contributed by atoms with Gasteiger partial charge in [-0.1, -0.05) is 149 Å². The van der Waals surface area contributed by atoms with Crippen molar-refractivity contribution in [3.05, 3.63) is 209 Å². The van der Waals surface area contributed by atoms with Gasteiger partial charge in [-0.25, -0.2) is 0 Å². The summed E-state index contributed by atoms with van der Waals surface area (Å²) in [6.45, 7) is 9.66. The zero-order valence-electron chi connectivity index (χ0n) is 33.0. The summed E-state index contributed by atoms with van der Waals surface area (Å²) in [6, 6.07) is 63.9. The van der Waals surface area contributed by atoms with Crippen LogP contribution in [0.5, 0.6) is 11.5 Å². The Labute approximate surface area is 338 Å². The fourth-order valence-electron chi connectivity index (χ4n) is 10.8. The van der Waals surface area contributed by atoms with Crippen LogP contribution in [0.15, 0.2) is 180 Å². The lowest BCUT2D eigenvalue weighted by Gasteiger charge is -2.50. The summed E-state index contributed by atoms with van der Waals surface area (Å²) >= 11 is 0. The highest BCUT2D eigenvalue weighted by Gasteiger charge is 2.52. The molecule has 0 fully saturated rings. The van der Waals surface area contributed by atoms with Gasteiger partial charge in [-0.05, 0) is 105 Å². The third-order valence-electron chi connectivity index (χ3n) is 14.1. The predicted octanol–water partition coefficient (Wildman–Crippen LogP) is 14.8. The molecule has 58 heavy (non-hydrogen) atoms. The zero-order valence-corrected chi connectivity index (χ0v) is 33.0. The molecule has 3 nitrogen and oxygen atoms in total. The maximum absolute atomic E-state index is 7.02. The number of rotatable bonds is 3. The Hall–Kier alpha value is -6.84. The van der Waals surface area contributed by atoms with Crippen LogP contribution in [0.2, 0.25) is 0 Å². The number of anilines is 3. The molecule has 9 aromatic rings. The van der Waals surface area contributed by atoms with Crippen LogP contribution in [0, 0.1) is 0 Å². The van der Waals surface area contributed by atoms with Gasteiger partial charge >= 0.3 is 0 Å². The van der Waals surface area contributed by atoms with Gasteiger partial charge in [0.2, 0.25) is 0 Å². The van der Waals surface area contributed by atoms with Crippen LogP contribution in [0.1, 0.15) is 61.1 Å². The number of ether oxygens (including phenoxy) is 1. The Morgan fingerprint density at radius 2 is 0.983 bits per heavy atom. The minimum atomic E-state index is -0.568. The number of para-hydroxylation sites is 3. The lowest BCUT2D eigenvalue weighted by atomic mass is 9.55. The van der Waals surface area contributed by atoms with Crippen LogP contribution in [-0.4, -0.2) is 0 Å². The zero-order chi connectivity index (χ0) is 39.0. The van der Waals surface area contributed by atoms with Gasteiger partial charge in [0.15, 0.2) is 0 Å². The Kier molecular flexibility index (Phi) is 6.67. The first kappa shape index (κ1) is 33.3. The van der Waals surface area contributed by atoms with Crippen LogP contribution >= 0.6 is 0 Å². The summed E-state index contributed by atoms with van der Waals surface area (Å²) in [5.41, 5.74) is 16.8. The SMILES string of the molecule is CC1(C)c2ccccc2-c2cccc(N(c3ccccc3)c3cccc4oc5cc6c(cc5c34)-c3ccccc3C63c4ccccc4Oc4ccccc43)c2C1(C)C. The van der Waals surface area contributed by atoms with Crippen LogP contribution in [-0.2, 0) is 16.2 Å². The lowest BCUT2D eigenvalue weighted by Crippen LogP contribution is -2.44. The second kappa shape index (κ2) is 11.6. The highest BCUT2D eigenvalue weighted by atomic mass is 16.5. The van der Waals surface area contributed by atoms with E-state index in [0.29, 0.717) is 0 Å². The summed E-state index contributed by atoms with van der Waals surface area (Å²) in [5, 5.41) is 2.20. The fourth-order valence-corrected chi connectivity index (χ4v) is 10.8. The van der Waals surface area contributed by atoms with E-state index in [1.54, 1.807) is 0 Å². The van der Waals surface area contributed by atoms with E-state index in [9.17, 15) is 0 Å². The molecule has 3 heteroatoms. The van der Waals surface area contributed by atoms with E-state index in [-0.39, 0.29) is 10.8 Å². The Bertz CT molecular complexity index is 3120. The summed E-state index contributed by atoms with van der Waals surface area (Å²) in [6.07, 6.45) is 0. The third-order valence-corrected chi connectivity index (χ3v) is 14.1. The molecule has 0 saturated heterocycles. The molecule has 1 spiro atoms. The normalized spacial score (nSPS) is 15.8. The molecule has 0 N–H and O–H groups in total. The van der Waals surface area contributed by atoms with E-state index in [4.69, 9.17) is 9.15 Å². The van der Waals surface area contributed by atoms with Crippen molar-refractivity contribution >= 4 is 39.0 Å². The minimum absolute atomic E-state index is 0.130. The molecule has 1 aromatic heterocycles. The summed E-state index contributed by atoms with van der Waals surface area (Å²) in [5.74, 6) is 1.77. The van der Waals surface area contributed by atoms with E-state index in [1.807, 2.05) is 0 Å². The molecule has 0 unspecified atom stereocenters. The van der Waals surface area contributed by atoms with E-state index in [0.717, 1.165) is 55.9 Å². The smallest absolute Gasteiger partial charge is 0.137 e. The second-order valence-electron chi connectivity index (χ2n) is 17.2. The molecular weight excluding hydrogens is 707 g/mol. The number of hydrogen-bond donors (Lipinski definition) is 0. The topological polar surface area (TPSA) is 25.6 Å². The van der Waals surface area contributed by atoms with Gasteiger partial charge in [0, 0.05) is 27.6 Å². The van der Waals surface area contributed by atoms with Gasteiger partial charge < -0.3 is 14.1 Å². The molecule has 0 saturated carbocycles. The van der Waals surface area contributed by atoms with Crippen molar-refractivity contribution in [1.82, 2.24) is 0 Å². The first-order chi connectivity index (χ1) is 28.3. The van der Waals surface area contributed by atoms with Crippen LogP contribution < -0.4 is 9.64 Å². The predicted molar refractivity (Wildman–Crippen MR) is 237 cm³/mol. The second-order valence-corrected chi connectivity index (χ2v) is 17.2. The van der Waals surface area contributed by atoms with Crippen molar-refractivity contribution in [2.45, 2.75) is 43.9 Å². The van der Waals surface area contributed by atoms with Crippen LogP contribution in [0.25, 0.3) is 44.2 Å². The van der Waals surface area contributed by atoms with Gasteiger partial charge in [0.25, 0.3) is 0 Å². The minimum Gasteiger partial charge on any atom is -0.457 e. The summed E-state index contributed by atoms with van der Waals surface area (Å²) < 4.78 is 13.6. The average Bonchev–Trinajstić information content (AvgIpc) is 3.76. The van der Waals surface area contributed by atoms with Gasteiger partial charge in [-0.15, -0.1) is 0 Å². The van der Waals surface area contributed by atoms with Gasteiger partial charge in [0.1, 0.15) is 22.7 Å². The van der Waals surface area contributed by atoms with Crippen molar-refractivity contribution in [3.63, 3.8) is 0 Å². The van der Waals surface area contributed by atoms with Crippen molar-refractivity contribution < 1.29 is 9.15 Å². The third kappa shape index (κ3) is 4.13. The van der Waals surface area contributed by atoms with E-state index in [2.05, 4.69) is 209 Å². The Balaban J connectivity index is 1.16. The molecule has 2 aliphatic carbocycles. The largest absolute Gasteiger partial charge is 0.457 e. The van der Waals surface area contributed by atoms with Gasteiger partial charge in [-0.3, -0.25) is 0 Å². The molecule has 12 rings (SSSR count). The average molecular weight is 748 g/mol. The van der Waals surface area contributed by atoms with E-state index >= 15 is 0 Å². The van der Waals surface area contributed by atoms with Crippen molar-refractivity contribution in [2.24, 2.45) is 0 Å². The molecule has 2 heterocycles. The van der Waals surface area contributed by atoms with Gasteiger partial charge in [0.05, 0.1) is 22.2 Å². The molecular formula is C55H41NO2. The summed E-state index contributed by atoms with van der Waals surface area (Å²) in [7, 11) is 0. The monoisotopic (exact) mass is 747 g/mol. The number of hydrogen-bond acceptors (Lipinski definition) is 3. The Morgan fingerprint density at radius 1 is 0.414 bits per heavy atom. The lowest BCUT2D eigenvalue weighted by molar-refractivity contribution is 0.300. The van der Waals surface area contributed by atoms with E-state index in [1.165, 1.54) is 50.2 Å². The first-order valence-electron chi connectivity index (χ1n) is 20.4. The summed E-state index contributed by atoms with van der Waals surface area (Å²) in [4.78, 5) is 2.48. The molecule has 278 valence electrons. The highest BCUT2D eigenvalue weighted by Crippen LogP contribution is 2.63. The van der Waals surface area contributed by atoms with E-state index < -0.39 is 5.41 Å². The number of nitrogens with zero attached hydrogens (tertiary/aromatic N) is 1. The van der Waals surface area contributed by atoms with Gasteiger partial charge in [-0.2, -0.15) is 0 Å². The highest BCUT2D eigenvalue weighted by molar-refractivity contribution is 6.15. The van der Waals surface area contributed by atoms with Crippen molar-refractivity contribution in [2.75, 3.05) is 4.90 Å². The Morgan fingerprint density at radius 3 is 1.71 bits per heavy atom. The number of furan rings is 1. The fraction of sp³-hybridized carbons (Fsp3) is 0.127. The standard InChI is InChI=1S/C55H41NO2/c1-53(2)40-23-10-8-20-35(40)37-22-16-28-46(52(37)54(53,3)4)56(34-18-6-5-7-19-34)45-27-17-31-49-51(45)39-32-38-36-21-9-11-24-41(36)55(44(38)33-50(39)58-49)42-25-12-14-29-47(42)57-48-30-15-13-26-43(48)55/h5-33H,1-4H3. The molecule has 0 amide bonds. The molecule has 3 aliphatic rings. The first-order valence-corrected chi connectivity index (χ1v) is 20.4. The quantitative estimate of drug-likeness (QED) is 0.180.